The van der Waals surface area contributed by atoms with E-state index in [1.54, 1.807) is 0 Å². The van der Waals surface area contributed by atoms with Crippen LogP contribution in [0.25, 0.3) is 0 Å². The minimum absolute atomic E-state index is 0.0000694. The van der Waals surface area contributed by atoms with Crippen LogP contribution >= 0.6 is 0 Å². The zero-order valence-electron chi connectivity index (χ0n) is 7.20. The van der Waals surface area contributed by atoms with E-state index in [2.05, 4.69) is 0 Å². The van der Waals surface area contributed by atoms with Gasteiger partial charge in [-0.05, 0) is 6.42 Å². The number of sulfonamides is 1. The van der Waals surface area contributed by atoms with Gasteiger partial charge >= 0.3 is 0 Å². The second-order valence-electron chi connectivity index (χ2n) is 3.25. The summed E-state index contributed by atoms with van der Waals surface area (Å²) in [5.41, 5.74) is 5.15. The largest absolute Gasteiger partial charge is 0.323 e. The fraction of sp³-hybridized carbons (Fsp3) is 1.00. The summed E-state index contributed by atoms with van der Waals surface area (Å²) >= 11 is 0. The first-order valence-electron chi connectivity index (χ1n) is 3.82. The first kappa shape index (κ1) is 10.8. The van der Waals surface area contributed by atoms with Gasteiger partial charge in [0.2, 0.25) is 10.0 Å². The molecule has 0 aromatic carbocycles. The lowest BCUT2D eigenvalue weighted by Crippen LogP contribution is -2.56. The lowest BCUT2D eigenvalue weighted by Gasteiger charge is -2.34. The second-order valence-corrected chi connectivity index (χ2v) is 5.24. The number of hydrogen-bond acceptors (Lipinski definition) is 3. The molecule has 0 aromatic heterocycles. The Kier molecular flexibility index (Phi) is 2.61. The number of nitrogens with zero attached hydrogens (tertiary/aromatic N) is 1. The Bertz CT molecular complexity index is 291. The van der Waals surface area contributed by atoms with Crippen molar-refractivity contribution in [3.8, 4) is 0 Å². The predicted octanol–water partition coefficient (Wildman–Crippen LogP) is -0.386. The molecule has 1 atom stereocenters. The third kappa shape index (κ3) is 2.35. The third-order valence-corrected chi connectivity index (χ3v) is 3.34. The van der Waals surface area contributed by atoms with Crippen molar-refractivity contribution in [2.75, 3.05) is 19.3 Å². The second kappa shape index (κ2) is 3.14. The van der Waals surface area contributed by atoms with Crippen LogP contribution in [0.4, 0.5) is 8.78 Å². The molecule has 1 unspecified atom stereocenters. The standard InChI is InChI=1S/C6H12F2N2O2S/c1-13(11,12)10-3-2-5(9)6(7,8)4-10/h5H,2-4,9H2,1H3. The Morgan fingerprint density at radius 2 is 2.08 bits per heavy atom. The van der Waals surface area contributed by atoms with E-state index in [-0.39, 0.29) is 13.0 Å². The molecule has 0 aliphatic carbocycles. The van der Waals surface area contributed by atoms with Crippen LogP contribution in [-0.2, 0) is 10.0 Å². The SMILES string of the molecule is CS(=O)(=O)N1CCC(N)C(F)(F)C1. The highest BCUT2D eigenvalue weighted by atomic mass is 32.2. The lowest BCUT2D eigenvalue weighted by atomic mass is 10.0. The van der Waals surface area contributed by atoms with E-state index in [1.165, 1.54) is 0 Å². The molecule has 2 N–H and O–H groups in total. The maximum Gasteiger partial charge on any atom is 0.276 e. The summed E-state index contributed by atoms with van der Waals surface area (Å²) in [6.45, 7) is -0.720. The van der Waals surface area contributed by atoms with Gasteiger partial charge in [-0.3, -0.25) is 0 Å². The number of hydrogen-bond donors (Lipinski definition) is 1. The quantitative estimate of drug-likeness (QED) is 0.647. The molecule has 0 saturated carbocycles. The molecule has 7 heteroatoms. The van der Waals surface area contributed by atoms with E-state index in [4.69, 9.17) is 5.73 Å². The van der Waals surface area contributed by atoms with E-state index in [0.717, 1.165) is 10.6 Å². The molecule has 1 fully saturated rings. The molecule has 0 amide bonds. The molecule has 0 bridgehead atoms. The average molecular weight is 214 g/mol. The molecule has 0 aromatic rings. The van der Waals surface area contributed by atoms with Crippen LogP contribution in [0.15, 0.2) is 0 Å². The van der Waals surface area contributed by atoms with Gasteiger partial charge in [0, 0.05) is 6.54 Å². The predicted molar refractivity (Wildman–Crippen MR) is 44.0 cm³/mol. The smallest absolute Gasteiger partial charge is 0.276 e. The van der Waals surface area contributed by atoms with Crippen molar-refractivity contribution in [1.82, 2.24) is 4.31 Å². The van der Waals surface area contributed by atoms with Gasteiger partial charge in [-0.25, -0.2) is 17.2 Å². The van der Waals surface area contributed by atoms with Crippen LogP contribution < -0.4 is 5.73 Å². The van der Waals surface area contributed by atoms with Crippen LogP contribution in [0, 0.1) is 0 Å². The van der Waals surface area contributed by atoms with Gasteiger partial charge in [-0.2, -0.15) is 4.31 Å². The van der Waals surface area contributed by atoms with Gasteiger partial charge in [0.05, 0.1) is 18.8 Å². The van der Waals surface area contributed by atoms with Crippen molar-refractivity contribution in [2.24, 2.45) is 5.73 Å². The minimum atomic E-state index is -3.52. The molecule has 1 rings (SSSR count). The summed E-state index contributed by atoms with van der Waals surface area (Å²) in [7, 11) is -3.52. The molecular formula is C6H12F2N2O2S. The van der Waals surface area contributed by atoms with E-state index < -0.39 is 28.5 Å². The minimum Gasteiger partial charge on any atom is -0.323 e. The van der Waals surface area contributed by atoms with Gasteiger partial charge in [-0.15, -0.1) is 0 Å². The van der Waals surface area contributed by atoms with Crippen LogP contribution in [0.5, 0.6) is 0 Å². The molecule has 1 aliphatic rings. The van der Waals surface area contributed by atoms with Crippen LogP contribution in [0.1, 0.15) is 6.42 Å². The summed E-state index contributed by atoms with van der Waals surface area (Å²) in [5.74, 6) is -3.11. The molecule has 0 radical (unpaired) electrons. The van der Waals surface area contributed by atoms with Gasteiger partial charge < -0.3 is 5.73 Å². The zero-order valence-corrected chi connectivity index (χ0v) is 8.02. The maximum atomic E-state index is 12.9. The fourth-order valence-electron chi connectivity index (χ4n) is 1.21. The van der Waals surface area contributed by atoms with E-state index in [0.29, 0.717) is 0 Å². The summed E-state index contributed by atoms with van der Waals surface area (Å²) in [6, 6.07) is -1.23. The van der Waals surface area contributed by atoms with Crippen LogP contribution in [-0.4, -0.2) is 44.0 Å². The Labute approximate surface area is 75.7 Å². The van der Waals surface area contributed by atoms with Gasteiger partial charge in [0.1, 0.15) is 0 Å². The fourth-order valence-corrected chi connectivity index (χ4v) is 2.05. The molecule has 1 saturated heterocycles. The highest BCUT2D eigenvalue weighted by molar-refractivity contribution is 7.88. The van der Waals surface area contributed by atoms with Crippen molar-refractivity contribution >= 4 is 10.0 Å². The highest BCUT2D eigenvalue weighted by Crippen LogP contribution is 2.26. The third-order valence-electron chi connectivity index (χ3n) is 2.09. The lowest BCUT2D eigenvalue weighted by molar-refractivity contribution is -0.0602. The van der Waals surface area contributed by atoms with Crippen molar-refractivity contribution in [3.63, 3.8) is 0 Å². The molecule has 13 heavy (non-hydrogen) atoms. The normalized spacial score (nSPS) is 30.3. The highest BCUT2D eigenvalue weighted by Gasteiger charge is 2.44. The number of alkyl halides is 2. The van der Waals surface area contributed by atoms with E-state index in [1.807, 2.05) is 0 Å². The Morgan fingerprint density at radius 1 is 1.54 bits per heavy atom. The number of halogens is 2. The summed E-state index contributed by atoms with van der Waals surface area (Å²) in [5, 5.41) is 0. The number of rotatable bonds is 1. The van der Waals surface area contributed by atoms with Crippen molar-refractivity contribution in [1.29, 1.82) is 0 Å². The molecular weight excluding hydrogens is 202 g/mol. The van der Waals surface area contributed by atoms with E-state index in [9.17, 15) is 17.2 Å². The van der Waals surface area contributed by atoms with Crippen molar-refractivity contribution in [2.45, 2.75) is 18.4 Å². The molecule has 78 valence electrons. The topological polar surface area (TPSA) is 63.4 Å². The molecule has 4 nitrogen and oxygen atoms in total. The number of nitrogens with two attached hydrogens (primary N) is 1. The van der Waals surface area contributed by atoms with Gasteiger partial charge in [0.25, 0.3) is 5.92 Å². The van der Waals surface area contributed by atoms with Gasteiger partial charge in [-0.1, -0.05) is 0 Å². The first-order chi connectivity index (χ1) is 5.73. The van der Waals surface area contributed by atoms with Crippen LogP contribution in [0.2, 0.25) is 0 Å². The van der Waals surface area contributed by atoms with Crippen molar-refractivity contribution in [3.05, 3.63) is 0 Å². The van der Waals surface area contributed by atoms with Crippen molar-refractivity contribution < 1.29 is 17.2 Å². The van der Waals surface area contributed by atoms with Gasteiger partial charge in [0.15, 0.2) is 0 Å². The Hall–Kier alpha value is -0.270. The summed E-state index contributed by atoms with van der Waals surface area (Å²) in [6.07, 6.45) is 0.917. The molecule has 1 heterocycles. The summed E-state index contributed by atoms with van der Waals surface area (Å²) in [4.78, 5) is 0. The number of piperidine rings is 1. The average Bonchev–Trinajstić information content (AvgIpc) is 1.92. The van der Waals surface area contributed by atoms with E-state index >= 15 is 0 Å². The monoisotopic (exact) mass is 214 g/mol. The summed E-state index contributed by atoms with van der Waals surface area (Å²) < 4.78 is 48.5. The maximum absolute atomic E-state index is 12.9. The Morgan fingerprint density at radius 3 is 2.46 bits per heavy atom. The molecule has 1 aliphatic heterocycles. The molecule has 0 spiro atoms. The first-order valence-corrected chi connectivity index (χ1v) is 5.67. The zero-order chi connectivity index (χ0) is 10.3. The van der Waals surface area contributed by atoms with Crippen LogP contribution in [0.3, 0.4) is 0 Å². The Balaban J connectivity index is 2.78.